The van der Waals surface area contributed by atoms with Crippen LogP contribution in [0.25, 0.3) is 10.9 Å². The molecule has 0 fully saturated rings. The molecule has 0 radical (unpaired) electrons. The second-order valence-corrected chi connectivity index (χ2v) is 5.67. The molecule has 96 valence electrons. The highest BCUT2D eigenvalue weighted by Crippen LogP contribution is 2.38. The molecule has 3 rings (SSSR count). The fourth-order valence-electron chi connectivity index (χ4n) is 3.51. The molecule has 18 heavy (non-hydrogen) atoms. The van der Waals surface area contributed by atoms with Gasteiger partial charge < -0.3 is 10.3 Å². The summed E-state index contributed by atoms with van der Waals surface area (Å²) in [5, 5.41) is 4.81. The Morgan fingerprint density at radius 1 is 1.33 bits per heavy atom. The molecular weight excluding hydrogens is 220 g/mol. The van der Waals surface area contributed by atoms with E-state index in [0.29, 0.717) is 5.92 Å². The summed E-state index contributed by atoms with van der Waals surface area (Å²) < 4.78 is 0. The van der Waals surface area contributed by atoms with E-state index in [1.165, 1.54) is 47.0 Å². The maximum absolute atomic E-state index is 3.67. The Morgan fingerprint density at radius 3 is 2.94 bits per heavy atom. The van der Waals surface area contributed by atoms with Crippen LogP contribution in [0, 0.1) is 13.8 Å². The SMILES string of the molecule is CNCC1CCCc2[nH]c3c(C)cc(C)cc3c21. The maximum atomic E-state index is 3.67. The Balaban J connectivity index is 2.23. The van der Waals surface area contributed by atoms with Crippen molar-refractivity contribution in [3.8, 4) is 0 Å². The van der Waals surface area contributed by atoms with Gasteiger partial charge in [-0.05, 0) is 63.3 Å². The highest BCUT2D eigenvalue weighted by molar-refractivity contribution is 5.88. The highest BCUT2D eigenvalue weighted by atomic mass is 14.8. The molecule has 0 aliphatic heterocycles. The molecule has 1 unspecified atom stereocenters. The van der Waals surface area contributed by atoms with Crippen LogP contribution in [-0.4, -0.2) is 18.6 Å². The summed E-state index contributed by atoms with van der Waals surface area (Å²) in [6.45, 7) is 5.50. The standard InChI is InChI=1S/C16H22N2/c1-10-7-11(2)16-13(8-10)15-12(9-17-3)5-4-6-14(15)18-16/h7-8,12,17-18H,4-6,9H2,1-3H3. The smallest absolute Gasteiger partial charge is 0.0488 e. The number of rotatable bonds is 2. The number of nitrogens with one attached hydrogen (secondary N) is 2. The van der Waals surface area contributed by atoms with E-state index in [-0.39, 0.29) is 0 Å². The van der Waals surface area contributed by atoms with Gasteiger partial charge in [0.25, 0.3) is 0 Å². The van der Waals surface area contributed by atoms with Crippen molar-refractivity contribution in [2.24, 2.45) is 0 Å². The number of benzene rings is 1. The van der Waals surface area contributed by atoms with Gasteiger partial charge in [-0.1, -0.05) is 11.6 Å². The molecule has 2 N–H and O–H groups in total. The lowest BCUT2D eigenvalue weighted by Crippen LogP contribution is -2.20. The lowest BCUT2D eigenvalue weighted by molar-refractivity contribution is 0.529. The van der Waals surface area contributed by atoms with Gasteiger partial charge in [-0.3, -0.25) is 0 Å². The highest BCUT2D eigenvalue weighted by Gasteiger charge is 2.24. The van der Waals surface area contributed by atoms with Crippen molar-refractivity contribution < 1.29 is 0 Å². The number of aromatic nitrogens is 1. The van der Waals surface area contributed by atoms with Crippen LogP contribution >= 0.6 is 0 Å². The van der Waals surface area contributed by atoms with Crippen molar-refractivity contribution in [2.75, 3.05) is 13.6 Å². The molecule has 1 heterocycles. The first kappa shape index (κ1) is 11.8. The maximum Gasteiger partial charge on any atom is 0.0488 e. The van der Waals surface area contributed by atoms with E-state index in [2.05, 4.69) is 43.3 Å². The predicted octanol–water partition coefficient (Wildman–Crippen LogP) is 3.42. The van der Waals surface area contributed by atoms with E-state index in [0.717, 1.165) is 6.54 Å². The molecule has 0 saturated carbocycles. The van der Waals surface area contributed by atoms with Gasteiger partial charge >= 0.3 is 0 Å². The van der Waals surface area contributed by atoms with Crippen molar-refractivity contribution in [1.29, 1.82) is 0 Å². The summed E-state index contributed by atoms with van der Waals surface area (Å²) in [5.74, 6) is 0.675. The van der Waals surface area contributed by atoms with Gasteiger partial charge in [0.1, 0.15) is 0 Å². The van der Waals surface area contributed by atoms with E-state index in [4.69, 9.17) is 0 Å². The van der Waals surface area contributed by atoms with Gasteiger partial charge in [-0.25, -0.2) is 0 Å². The van der Waals surface area contributed by atoms with Crippen molar-refractivity contribution in [1.82, 2.24) is 10.3 Å². The van der Waals surface area contributed by atoms with Gasteiger partial charge in [0.05, 0.1) is 0 Å². The quantitative estimate of drug-likeness (QED) is 0.829. The largest absolute Gasteiger partial charge is 0.358 e. The first-order chi connectivity index (χ1) is 8.70. The topological polar surface area (TPSA) is 27.8 Å². The zero-order chi connectivity index (χ0) is 12.7. The molecular formula is C16H22N2. The number of likely N-dealkylation sites (N-methyl/N-ethyl adjacent to an activating group) is 1. The summed E-state index contributed by atoms with van der Waals surface area (Å²) in [4.78, 5) is 3.67. The molecule has 1 atom stereocenters. The molecule has 1 aromatic carbocycles. The third-order valence-electron chi connectivity index (χ3n) is 4.21. The van der Waals surface area contributed by atoms with Crippen LogP contribution < -0.4 is 5.32 Å². The minimum atomic E-state index is 0.675. The summed E-state index contributed by atoms with van der Waals surface area (Å²) in [7, 11) is 2.06. The number of hydrogen-bond donors (Lipinski definition) is 2. The van der Waals surface area contributed by atoms with Crippen LogP contribution in [0.4, 0.5) is 0 Å². The van der Waals surface area contributed by atoms with Gasteiger partial charge in [0.2, 0.25) is 0 Å². The zero-order valence-electron chi connectivity index (χ0n) is 11.6. The minimum absolute atomic E-state index is 0.675. The fourth-order valence-corrected chi connectivity index (χ4v) is 3.51. The Hall–Kier alpha value is -1.28. The summed E-state index contributed by atoms with van der Waals surface area (Å²) >= 11 is 0. The molecule has 1 aromatic heterocycles. The third-order valence-corrected chi connectivity index (χ3v) is 4.21. The lowest BCUT2D eigenvalue weighted by Gasteiger charge is -2.22. The molecule has 0 spiro atoms. The first-order valence-electron chi connectivity index (χ1n) is 6.97. The average Bonchev–Trinajstić information content (AvgIpc) is 2.69. The van der Waals surface area contributed by atoms with Crippen molar-refractivity contribution in [3.05, 3.63) is 34.5 Å². The molecule has 2 nitrogen and oxygen atoms in total. The first-order valence-corrected chi connectivity index (χ1v) is 6.97. The number of aromatic amines is 1. The van der Waals surface area contributed by atoms with Crippen molar-refractivity contribution >= 4 is 10.9 Å². The van der Waals surface area contributed by atoms with Crippen LogP contribution in [0.15, 0.2) is 12.1 Å². The fraction of sp³-hybridized carbons (Fsp3) is 0.500. The molecule has 1 aliphatic rings. The Bertz CT molecular complexity index is 580. The second-order valence-electron chi connectivity index (χ2n) is 5.67. The Morgan fingerprint density at radius 2 is 2.17 bits per heavy atom. The van der Waals surface area contributed by atoms with Crippen LogP contribution in [0.3, 0.4) is 0 Å². The van der Waals surface area contributed by atoms with Gasteiger partial charge in [-0.2, -0.15) is 0 Å². The van der Waals surface area contributed by atoms with Crippen molar-refractivity contribution in [2.45, 2.75) is 39.0 Å². The molecule has 2 aromatic rings. The van der Waals surface area contributed by atoms with Crippen LogP contribution in [-0.2, 0) is 6.42 Å². The average molecular weight is 242 g/mol. The molecule has 2 heteroatoms. The molecule has 1 aliphatic carbocycles. The number of aryl methyl sites for hydroxylation is 3. The third kappa shape index (κ3) is 1.76. The molecule has 0 bridgehead atoms. The van der Waals surface area contributed by atoms with Gasteiger partial charge in [0, 0.05) is 23.1 Å². The monoisotopic (exact) mass is 242 g/mol. The van der Waals surface area contributed by atoms with Crippen LogP contribution in [0.1, 0.15) is 41.1 Å². The Kier molecular flexibility index (Phi) is 2.90. The number of H-pyrrole nitrogens is 1. The summed E-state index contributed by atoms with van der Waals surface area (Å²) in [5.41, 5.74) is 7.16. The van der Waals surface area contributed by atoms with Crippen LogP contribution in [0.5, 0.6) is 0 Å². The second kappa shape index (κ2) is 4.43. The summed E-state index contributed by atoms with van der Waals surface area (Å²) in [6.07, 6.45) is 3.83. The Labute approximate surface area is 109 Å². The lowest BCUT2D eigenvalue weighted by atomic mass is 9.84. The van der Waals surface area contributed by atoms with E-state index >= 15 is 0 Å². The zero-order valence-corrected chi connectivity index (χ0v) is 11.6. The normalized spacial score (nSPS) is 19.2. The van der Waals surface area contributed by atoms with E-state index in [1.54, 1.807) is 5.56 Å². The number of hydrogen-bond acceptors (Lipinski definition) is 1. The molecule has 0 saturated heterocycles. The van der Waals surface area contributed by atoms with Crippen LogP contribution in [0.2, 0.25) is 0 Å². The van der Waals surface area contributed by atoms with E-state index < -0.39 is 0 Å². The summed E-state index contributed by atoms with van der Waals surface area (Å²) in [6, 6.07) is 4.63. The predicted molar refractivity (Wildman–Crippen MR) is 77.4 cm³/mol. The van der Waals surface area contributed by atoms with E-state index in [1.807, 2.05) is 0 Å². The number of fused-ring (bicyclic) bond motifs is 3. The van der Waals surface area contributed by atoms with Gasteiger partial charge in [-0.15, -0.1) is 0 Å². The van der Waals surface area contributed by atoms with Crippen molar-refractivity contribution in [3.63, 3.8) is 0 Å². The molecule has 0 amide bonds. The van der Waals surface area contributed by atoms with E-state index in [9.17, 15) is 0 Å². The van der Waals surface area contributed by atoms with Gasteiger partial charge in [0.15, 0.2) is 0 Å². The minimum Gasteiger partial charge on any atom is -0.358 e.